The van der Waals surface area contributed by atoms with Gasteiger partial charge in [0.25, 0.3) is 5.56 Å². The minimum Gasteiger partial charge on any atom is -0.495 e. The Morgan fingerprint density at radius 1 is 1.33 bits per heavy atom. The van der Waals surface area contributed by atoms with Crippen molar-refractivity contribution in [2.45, 2.75) is 19.6 Å². The van der Waals surface area contributed by atoms with E-state index in [1.54, 1.807) is 29.6 Å². The normalized spacial score (nSPS) is 11.4. The third-order valence-corrected chi connectivity index (χ3v) is 5.22. The molecule has 0 unspecified atom stereocenters. The highest BCUT2D eigenvalue weighted by molar-refractivity contribution is 7.14. The second-order valence-electron chi connectivity index (χ2n) is 6.16. The Bertz CT molecular complexity index is 1140. The van der Waals surface area contributed by atoms with Crippen molar-refractivity contribution in [3.63, 3.8) is 0 Å². The van der Waals surface area contributed by atoms with Gasteiger partial charge in [0, 0.05) is 18.5 Å². The molecule has 0 fully saturated rings. The highest BCUT2D eigenvalue weighted by Crippen LogP contribution is 2.35. The number of anilines is 2. The maximum absolute atomic E-state index is 13.0. The van der Waals surface area contributed by atoms with Crippen LogP contribution in [0.15, 0.2) is 46.7 Å². The van der Waals surface area contributed by atoms with Crippen molar-refractivity contribution in [3.8, 4) is 5.75 Å². The first-order valence-electron chi connectivity index (χ1n) is 8.47. The van der Waals surface area contributed by atoms with Crippen LogP contribution in [0.1, 0.15) is 18.2 Å². The molecule has 2 heterocycles. The van der Waals surface area contributed by atoms with Crippen molar-refractivity contribution in [3.05, 3.63) is 68.5 Å². The van der Waals surface area contributed by atoms with Gasteiger partial charge in [-0.25, -0.2) is 4.98 Å². The van der Waals surface area contributed by atoms with Gasteiger partial charge < -0.3 is 9.30 Å². The molecule has 3 aromatic rings. The molecular formula is C19H15ClF3N3O3S. The molecule has 3 rings (SSSR count). The summed E-state index contributed by atoms with van der Waals surface area (Å²) >= 11 is 6.79. The van der Waals surface area contributed by atoms with Crippen LogP contribution in [-0.4, -0.2) is 22.6 Å². The number of amides is 1. The molecule has 0 bridgehead atoms. The molecular weight excluding hydrogens is 443 g/mol. The van der Waals surface area contributed by atoms with Crippen molar-refractivity contribution in [1.29, 1.82) is 0 Å². The zero-order valence-electron chi connectivity index (χ0n) is 15.7. The maximum atomic E-state index is 13.0. The smallest absolute Gasteiger partial charge is 0.417 e. The minimum absolute atomic E-state index is 0.239. The van der Waals surface area contributed by atoms with E-state index in [-0.39, 0.29) is 17.6 Å². The van der Waals surface area contributed by atoms with Gasteiger partial charge in [-0.1, -0.05) is 23.7 Å². The molecule has 158 valence electrons. The number of halogens is 4. The summed E-state index contributed by atoms with van der Waals surface area (Å²) in [5.74, 6) is 0.116. The van der Waals surface area contributed by atoms with E-state index in [4.69, 9.17) is 16.3 Å². The van der Waals surface area contributed by atoms with Crippen LogP contribution in [0.5, 0.6) is 5.75 Å². The van der Waals surface area contributed by atoms with E-state index in [0.717, 1.165) is 15.9 Å². The number of alkyl halides is 3. The molecule has 0 aliphatic carbocycles. The number of pyridine rings is 1. The quantitative estimate of drug-likeness (QED) is 0.556. The SMILES string of the molecule is COc1ccccc1N(C(C)=O)c1nc(Cn2cc(C(F)(F)F)cc(Cl)c2=O)cs1. The van der Waals surface area contributed by atoms with E-state index in [2.05, 4.69) is 4.98 Å². The fourth-order valence-corrected chi connectivity index (χ4v) is 3.84. The van der Waals surface area contributed by atoms with Crippen molar-refractivity contribution in [2.75, 3.05) is 12.0 Å². The first kappa shape index (κ1) is 21.8. The number of rotatable bonds is 5. The Hall–Kier alpha value is -2.85. The molecule has 0 aliphatic heterocycles. The van der Waals surface area contributed by atoms with Crippen LogP contribution in [0, 0.1) is 0 Å². The van der Waals surface area contributed by atoms with Gasteiger partial charge in [0.1, 0.15) is 10.8 Å². The Morgan fingerprint density at radius 2 is 2.03 bits per heavy atom. The van der Waals surface area contributed by atoms with E-state index in [9.17, 15) is 22.8 Å². The summed E-state index contributed by atoms with van der Waals surface area (Å²) in [7, 11) is 1.47. The van der Waals surface area contributed by atoms with Crippen molar-refractivity contribution >= 4 is 39.7 Å². The molecule has 0 spiro atoms. The van der Waals surface area contributed by atoms with Gasteiger partial charge in [0.05, 0.1) is 30.6 Å². The molecule has 0 atom stereocenters. The highest BCUT2D eigenvalue weighted by atomic mass is 35.5. The van der Waals surface area contributed by atoms with Crippen LogP contribution in [0.25, 0.3) is 0 Å². The summed E-state index contributed by atoms with van der Waals surface area (Å²) in [5, 5.41) is 1.30. The molecule has 1 aromatic carbocycles. The van der Waals surface area contributed by atoms with E-state index in [1.807, 2.05) is 0 Å². The predicted octanol–water partition coefficient (Wildman–Crippen LogP) is 4.72. The summed E-state index contributed by atoms with van der Waals surface area (Å²) in [6.07, 6.45) is -3.96. The molecule has 11 heteroatoms. The summed E-state index contributed by atoms with van der Waals surface area (Å²) < 4.78 is 45.2. The number of benzene rings is 1. The maximum Gasteiger partial charge on any atom is 0.417 e. The third kappa shape index (κ3) is 4.49. The van der Waals surface area contributed by atoms with Gasteiger partial charge in [-0.05, 0) is 18.2 Å². The Labute approximate surface area is 178 Å². The number of hydrogen-bond donors (Lipinski definition) is 0. The van der Waals surface area contributed by atoms with Gasteiger partial charge in [-0.15, -0.1) is 11.3 Å². The number of nitrogens with zero attached hydrogens (tertiary/aromatic N) is 3. The lowest BCUT2D eigenvalue weighted by Crippen LogP contribution is -2.24. The number of ether oxygens (including phenoxy) is 1. The molecule has 6 nitrogen and oxygen atoms in total. The first-order valence-corrected chi connectivity index (χ1v) is 9.73. The van der Waals surface area contributed by atoms with Gasteiger partial charge >= 0.3 is 6.18 Å². The second kappa shape index (κ2) is 8.49. The van der Waals surface area contributed by atoms with Gasteiger partial charge in [-0.3, -0.25) is 14.5 Å². The Morgan fingerprint density at radius 3 is 2.67 bits per heavy atom. The third-order valence-electron chi connectivity index (χ3n) is 4.07. The average molecular weight is 458 g/mol. The van der Waals surface area contributed by atoms with E-state index >= 15 is 0 Å². The fourth-order valence-electron chi connectivity index (χ4n) is 2.74. The van der Waals surface area contributed by atoms with Gasteiger partial charge in [0.2, 0.25) is 5.91 Å². The van der Waals surface area contributed by atoms with Crippen molar-refractivity contribution in [2.24, 2.45) is 0 Å². The monoisotopic (exact) mass is 457 g/mol. The zero-order chi connectivity index (χ0) is 22.1. The lowest BCUT2D eigenvalue weighted by atomic mass is 10.2. The van der Waals surface area contributed by atoms with Gasteiger partial charge in [0.15, 0.2) is 5.13 Å². The number of carbonyl (C=O) groups is 1. The van der Waals surface area contributed by atoms with Crippen molar-refractivity contribution < 1.29 is 22.7 Å². The number of aromatic nitrogens is 2. The average Bonchev–Trinajstić information content (AvgIpc) is 3.12. The number of hydrogen-bond acceptors (Lipinski definition) is 5. The largest absolute Gasteiger partial charge is 0.495 e. The Kier molecular flexibility index (Phi) is 6.18. The van der Waals surface area contributed by atoms with Crippen LogP contribution < -0.4 is 15.2 Å². The summed E-state index contributed by atoms with van der Waals surface area (Å²) in [5.41, 5.74) is -1.05. The molecule has 0 saturated heterocycles. The summed E-state index contributed by atoms with van der Waals surface area (Å²) in [6, 6.07) is 7.43. The number of carbonyl (C=O) groups excluding carboxylic acids is 1. The molecule has 0 aliphatic rings. The Balaban J connectivity index is 1.98. The van der Waals surface area contributed by atoms with E-state index in [0.29, 0.717) is 29.4 Å². The standard InChI is InChI=1S/C19H15ClF3N3O3S/c1-11(27)26(15-5-3-4-6-16(15)29-2)18-24-13(10-30-18)9-25-8-12(19(21,22)23)7-14(20)17(25)28/h3-8,10H,9H2,1-2H3. The second-order valence-corrected chi connectivity index (χ2v) is 7.40. The minimum atomic E-state index is -4.65. The van der Waals surface area contributed by atoms with Crippen LogP contribution in [-0.2, 0) is 17.5 Å². The molecule has 0 saturated carbocycles. The molecule has 2 aromatic heterocycles. The zero-order valence-corrected chi connectivity index (χ0v) is 17.3. The van der Waals surface area contributed by atoms with E-state index < -0.39 is 22.3 Å². The number of para-hydroxylation sites is 2. The summed E-state index contributed by atoms with van der Waals surface area (Å²) in [6.45, 7) is 1.11. The number of methoxy groups -OCH3 is 1. The number of thiazole rings is 1. The molecule has 30 heavy (non-hydrogen) atoms. The lowest BCUT2D eigenvalue weighted by molar-refractivity contribution is -0.138. The topological polar surface area (TPSA) is 64.4 Å². The first-order chi connectivity index (χ1) is 14.1. The molecule has 1 amide bonds. The van der Waals surface area contributed by atoms with Crippen LogP contribution in [0.4, 0.5) is 24.0 Å². The van der Waals surface area contributed by atoms with Crippen molar-refractivity contribution in [1.82, 2.24) is 9.55 Å². The predicted molar refractivity (Wildman–Crippen MR) is 108 cm³/mol. The summed E-state index contributed by atoms with van der Waals surface area (Å²) in [4.78, 5) is 30.1. The van der Waals surface area contributed by atoms with Crippen LogP contribution in [0.2, 0.25) is 5.02 Å². The molecule has 0 radical (unpaired) electrons. The highest BCUT2D eigenvalue weighted by Gasteiger charge is 2.32. The molecule has 0 N–H and O–H groups in total. The fraction of sp³-hybridized carbons (Fsp3) is 0.211. The van der Waals surface area contributed by atoms with E-state index in [1.165, 1.54) is 18.9 Å². The van der Waals surface area contributed by atoms with Crippen LogP contribution in [0.3, 0.4) is 0 Å². The lowest BCUT2D eigenvalue weighted by Gasteiger charge is -2.20. The van der Waals surface area contributed by atoms with Gasteiger partial charge in [-0.2, -0.15) is 13.2 Å². The van der Waals surface area contributed by atoms with Crippen LogP contribution >= 0.6 is 22.9 Å².